The van der Waals surface area contributed by atoms with Gasteiger partial charge in [0.05, 0.1) is 0 Å². The summed E-state index contributed by atoms with van der Waals surface area (Å²) >= 11 is 0. The SMILES string of the molecule is O=C(c1ccncc1)N1CCN([C@@H]2C[C@H]3CC[C@@H]2C3)CC1. The van der Waals surface area contributed by atoms with Crippen LogP contribution in [0.2, 0.25) is 0 Å². The number of fused-ring (bicyclic) bond motifs is 2. The van der Waals surface area contributed by atoms with Gasteiger partial charge in [0.15, 0.2) is 0 Å². The molecule has 2 bridgehead atoms. The summed E-state index contributed by atoms with van der Waals surface area (Å²) in [7, 11) is 0. The van der Waals surface area contributed by atoms with Crippen molar-refractivity contribution < 1.29 is 4.79 Å². The third-order valence-electron chi connectivity index (χ3n) is 5.70. The van der Waals surface area contributed by atoms with Gasteiger partial charge in [-0.3, -0.25) is 14.7 Å². The Morgan fingerprint density at radius 2 is 1.81 bits per heavy atom. The van der Waals surface area contributed by atoms with E-state index in [0.717, 1.165) is 49.6 Å². The van der Waals surface area contributed by atoms with Gasteiger partial charge in [-0.25, -0.2) is 0 Å². The summed E-state index contributed by atoms with van der Waals surface area (Å²) in [4.78, 5) is 21.1. The summed E-state index contributed by atoms with van der Waals surface area (Å²) < 4.78 is 0. The first kappa shape index (κ1) is 13.3. The molecule has 0 unspecified atom stereocenters. The van der Waals surface area contributed by atoms with Crippen LogP contribution in [0, 0.1) is 11.8 Å². The van der Waals surface area contributed by atoms with Gasteiger partial charge in [-0.15, -0.1) is 0 Å². The van der Waals surface area contributed by atoms with Crippen molar-refractivity contribution in [2.45, 2.75) is 31.7 Å². The molecule has 4 nitrogen and oxygen atoms in total. The van der Waals surface area contributed by atoms with Gasteiger partial charge in [-0.05, 0) is 43.2 Å². The largest absolute Gasteiger partial charge is 0.336 e. The van der Waals surface area contributed by atoms with Gasteiger partial charge < -0.3 is 4.90 Å². The first-order chi connectivity index (χ1) is 10.3. The molecule has 4 heteroatoms. The highest BCUT2D eigenvalue weighted by atomic mass is 16.2. The second-order valence-electron chi connectivity index (χ2n) is 6.81. The molecule has 0 radical (unpaired) electrons. The summed E-state index contributed by atoms with van der Waals surface area (Å²) in [6.07, 6.45) is 9.15. The van der Waals surface area contributed by atoms with Crippen molar-refractivity contribution in [3.8, 4) is 0 Å². The summed E-state index contributed by atoms with van der Waals surface area (Å²) in [6, 6.07) is 4.43. The van der Waals surface area contributed by atoms with E-state index in [2.05, 4.69) is 9.88 Å². The van der Waals surface area contributed by atoms with Crippen molar-refractivity contribution in [3.05, 3.63) is 30.1 Å². The molecular formula is C17H23N3O. The van der Waals surface area contributed by atoms with Crippen LogP contribution in [0.3, 0.4) is 0 Å². The van der Waals surface area contributed by atoms with Crippen molar-refractivity contribution in [1.82, 2.24) is 14.8 Å². The molecule has 0 N–H and O–H groups in total. The third kappa shape index (κ3) is 2.46. The molecule has 3 fully saturated rings. The van der Waals surface area contributed by atoms with Gasteiger partial charge >= 0.3 is 0 Å². The molecule has 3 atom stereocenters. The van der Waals surface area contributed by atoms with Crippen LogP contribution in [0.15, 0.2) is 24.5 Å². The molecule has 4 rings (SSSR count). The highest BCUT2D eigenvalue weighted by molar-refractivity contribution is 5.94. The Bertz CT molecular complexity index is 510. The molecule has 1 amide bonds. The Morgan fingerprint density at radius 1 is 1.05 bits per heavy atom. The van der Waals surface area contributed by atoms with Crippen LogP contribution < -0.4 is 0 Å². The zero-order valence-corrected chi connectivity index (χ0v) is 12.4. The van der Waals surface area contributed by atoms with Gasteiger partial charge in [-0.2, -0.15) is 0 Å². The number of pyridine rings is 1. The predicted octanol–water partition coefficient (Wildman–Crippen LogP) is 2.03. The lowest BCUT2D eigenvalue weighted by Gasteiger charge is -2.41. The Labute approximate surface area is 126 Å². The van der Waals surface area contributed by atoms with E-state index >= 15 is 0 Å². The van der Waals surface area contributed by atoms with Crippen LogP contribution in [0.4, 0.5) is 0 Å². The minimum Gasteiger partial charge on any atom is -0.336 e. The molecular weight excluding hydrogens is 262 g/mol. The molecule has 0 aromatic carbocycles. The summed E-state index contributed by atoms with van der Waals surface area (Å²) in [5, 5.41) is 0. The van der Waals surface area contributed by atoms with E-state index in [4.69, 9.17) is 0 Å². The van der Waals surface area contributed by atoms with Crippen LogP contribution in [-0.2, 0) is 0 Å². The lowest BCUT2D eigenvalue weighted by molar-refractivity contribution is 0.0496. The molecule has 21 heavy (non-hydrogen) atoms. The number of carbonyl (C=O) groups is 1. The number of amides is 1. The standard InChI is InChI=1S/C17H23N3O/c21-17(14-3-5-18-6-4-14)20-9-7-19(8-10-20)16-12-13-1-2-15(16)11-13/h3-6,13,15-16H,1-2,7-12H2/t13-,15+,16+/m0/s1. The molecule has 2 aliphatic carbocycles. The molecule has 2 heterocycles. The monoisotopic (exact) mass is 285 g/mol. The fraction of sp³-hybridized carbons (Fsp3) is 0.647. The van der Waals surface area contributed by atoms with Crippen LogP contribution >= 0.6 is 0 Å². The zero-order valence-electron chi connectivity index (χ0n) is 12.4. The third-order valence-corrected chi connectivity index (χ3v) is 5.70. The molecule has 1 aromatic heterocycles. The van der Waals surface area contributed by atoms with E-state index in [1.54, 1.807) is 12.4 Å². The lowest BCUT2D eigenvalue weighted by Crippen LogP contribution is -2.53. The van der Waals surface area contributed by atoms with E-state index in [9.17, 15) is 4.79 Å². The van der Waals surface area contributed by atoms with E-state index < -0.39 is 0 Å². The number of piperazine rings is 1. The van der Waals surface area contributed by atoms with Crippen molar-refractivity contribution in [2.24, 2.45) is 11.8 Å². The lowest BCUT2D eigenvalue weighted by atomic mass is 9.93. The fourth-order valence-electron chi connectivity index (χ4n) is 4.59. The predicted molar refractivity (Wildman–Crippen MR) is 80.9 cm³/mol. The normalized spacial score (nSPS) is 32.6. The summed E-state index contributed by atoms with van der Waals surface area (Å²) in [5.74, 6) is 2.10. The van der Waals surface area contributed by atoms with E-state index in [1.165, 1.54) is 25.7 Å². The second-order valence-corrected chi connectivity index (χ2v) is 6.81. The van der Waals surface area contributed by atoms with E-state index in [-0.39, 0.29) is 5.91 Å². The zero-order chi connectivity index (χ0) is 14.2. The number of hydrogen-bond acceptors (Lipinski definition) is 3. The van der Waals surface area contributed by atoms with Crippen LogP contribution in [0.5, 0.6) is 0 Å². The van der Waals surface area contributed by atoms with Crippen LogP contribution in [0.1, 0.15) is 36.0 Å². The van der Waals surface area contributed by atoms with Crippen LogP contribution in [0.25, 0.3) is 0 Å². The average Bonchev–Trinajstić information content (AvgIpc) is 3.18. The van der Waals surface area contributed by atoms with Crippen molar-refractivity contribution >= 4 is 5.91 Å². The summed E-state index contributed by atoms with van der Waals surface area (Å²) in [5.41, 5.74) is 0.762. The quantitative estimate of drug-likeness (QED) is 0.834. The van der Waals surface area contributed by atoms with Gasteiger partial charge in [0.25, 0.3) is 5.91 Å². The molecule has 2 saturated carbocycles. The molecule has 112 valence electrons. The van der Waals surface area contributed by atoms with Gasteiger partial charge in [0.1, 0.15) is 0 Å². The van der Waals surface area contributed by atoms with Gasteiger partial charge in [0, 0.05) is 50.2 Å². The fourth-order valence-corrected chi connectivity index (χ4v) is 4.59. The number of carbonyl (C=O) groups excluding carboxylic acids is 1. The maximum absolute atomic E-state index is 12.4. The smallest absolute Gasteiger partial charge is 0.254 e. The van der Waals surface area contributed by atoms with Crippen molar-refractivity contribution in [1.29, 1.82) is 0 Å². The van der Waals surface area contributed by atoms with Gasteiger partial charge in [0.2, 0.25) is 0 Å². The molecule has 1 aliphatic heterocycles. The minimum atomic E-state index is 0.157. The highest BCUT2D eigenvalue weighted by Gasteiger charge is 2.42. The van der Waals surface area contributed by atoms with Crippen LogP contribution in [-0.4, -0.2) is 52.9 Å². The number of hydrogen-bond donors (Lipinski definition) is 0. The minimum absolute atomic E-state index is 0.157. The van der Waals surface area contributed by atoms with E-state index in [1.807, 2.05) is 17.0 Å². The Morgan fingerprint density at radius 3 is 2.43 bits per heavy atom. The molecule has 3 aliphatic rings. The maximum atomic E-state index is 12.4. The Kier molecular flexibility index (Phi) is 3.42. The van der Waals surface area contributed by atoms with Crippen molar-refractivity contribution in [2.75, 3.05) is 26.2 Å². The average molecular weight is 285 g/mol. The first-order valence-electron chi connectivity index (χ1n) is 8.24. The Balaban J connectivity index is 1.36. The number of aromatic nitrogens is 1. The first-order valence-corrected chi connectivity index (χ1v) is 8.24. The van der Waals surface area contributed by atoms with Gasteiger partial charge in [-0.1, -0.05) is 6.42 Å². The number of rotatable bonds is 2. The van der Waals surface area contributed by atoms with E-state index in [0.29, 0.717) is 0 Å². The second kappa shape index (κ2) is 5.41. The highest BCUT2D eigenvalue weighted by Crippen LogP contribution is 2.46. The molecule has 1 aromatic rings. The van der Waals surface area contributed by atoms with Crippen molar-refractivity contribution in [3.63, 3.8) is 0 Å². The topological polar surface area (TPSA) is 36.4 Å². The molecule has 0 spiro atoms. The summed E-state index contributed by atoms with van der Waals surface area (Å²) in [6.45, 7) is 3.83. The molecule has 1 saturated heterocycles. The number of nitrogens with zero attached hydrogens (tertiary/aromatic N) is 3. The maximum Gasteiger partial charge on any atom is 0.254 e. The Hall–Kier alpha value is -1.42.